The summed E-state index contributed by atoms with van der Waals surface area (Å²) in [6.07, 6.45) is 1.01. The molecule has 0 unspecified atom stereocenters. The van der Waals surface area contributed by atoms with Crippen LogP contribution in [0.4, 0.5) is 0 Å². The van der Waals surface area contributed by atoms with Gasteiger partial charge >= 0.3 is 5.97 Å². The third kappa shape index (κ3) is 7.22. The van der Waals surface area contributed by atoms with Crippen LogP contribution in [0.1, 0.15) is 17.5 Å². The fraction of sp³-hybridized carbons (Fsp3) is 0.562. The SMILES string of the molecule is COCCCN(CCOC)Cc1ccccc1CC(=O)O. The highest BCUT2D eigenvalue weighted by Crippen LogP contribution is 2.13. The van der Waals surface area contributed by atoms with Gasteiger partial charge < -0.3 is 14.6 Å². The van der Waals surface area contributed by atoms with Crippen molar-refractivity contribution < 1.29 is 19.4 Å². The van der Waals surface area contributed by atoms with Crippen LogP contribution in [0.25, 0.3) is 0 Å². The molecule has 1 rings (SSSR count). The number of methoxy groups -OCH3 is 2. The van der Waals surface area contributed by atoms with Crippen molar-refractivity contribution in [1.29, 1.82) is 0 Å². The Hall–Kier alpha value is -1.43. The number of carboxylic acids is 1. The van der Waals surface area contributed by atoms with Crippen LogP contribution in [-0.2, 0) is 27.2 Å². The molecule has 5 heteroatoms. The van der Waals surface area contributed by atoms with Crippen LogP contribution in [-0.4, -0.2) is 56.5 Å². The highest BCUT2D eigenvalue weighted by Gasteiger charge is 2.11. The molecule has 0 fully saturated rings. The van der Waals surface area contributed by atoms with E-state index in [9.17, 15) is 4.79 Å². The quantitative estimate of drug-likeness (QED) is 0.631. The molecule has 0 bridgehead atoms. The summed E-state index contributed by atoms with van der Waals surface area (Å²) in [7, 11) is 3.38. The molecule has 0 aromatic heterocycles. The van der Waals surface area contributed by atoms with Crippen molar-refractivity contribution in [2.45, 2.75) is 19.4 Å². The van der Waals surface area contributed by atoms with Crippen molar-refractivity contribution in [1.82, 2.24) is 4.90 Å². The Morgan fingerprint density at radius 1 is 1.10 bits per heavy atom. The van der Waals surface area contributed by atoms with E-state index in [1.807, 2.05) is 24.3 Å². The maximum atomic E-state index is 10.9. The second-order valence-corrected chi connectivity index (χ2v) is 4.95. The molecule has 1 aromatic carbocycles. The lowest BCUT2D eigenvalue weighted by Gasteiger charge is -2.23. The van der Waals surface area contributed by atoms with Gasteiger partial charge in [-0.25, -0.2) is 0 Å². The maximum absolute atomic E-state index is 10.9. The van der Waals surface area contributed by atoms with Gasteiger partial charge in [-0.2, -0.15) is 0 Å². The number of benzene rings is 1. The summed E-state index contributed by atoms with van der Waals surface area (Å²) in [5.74, 6) is -0.801. The average molecular weight is 295 g/mol. The predicted molar refractivity (Wildman–Crippen MR) is 81.4 cm³/mol. The highest BCUT2D eigenvalue weighted by molar-refractivity contribution is 5.70. The van der Waals surface area contributed by atoms with Gasteiger partial charge in [-0.05, 0) is 17.5 Å². The van der Waals surface area contributed by atoms with Gasteiger partial charge in [0.15, 0.2) is 0 Å². The molecule has 0 amide bonds. The first kappa shape index (κ1) is 17.6. The summed E-state index contributed by atoms with van der Waals surface area (Å²) >= 11 is 0. The Kier molecular flexibility index (Phi) is 8.66. The van der Waals surface area contributed by atoms with Gasteiger partial charge in [-0.15, -0.1) is 0 Å². The predicted octanol–water partition coefficient (Wildman–Crippen LogP) is 1.80. The van der Waals surface area contributed by atoms with Crippen molar-refractivity contribution in [2.75, 3.05) is 40.5 Å². The Balaban J connectivity index is 2.69. The summed E-state index contributed by atoms with van der Waals surface area (Å²) in [5, 5.41) is 8.99. The van der Waals surface area contributed by atoms with Crippen molar-refractivity contribution in [2.24, 2.45) is 0 Å². The van der Waals surface area contributed by atoms with Crippen molar-refractivity contribution in [3.05, 3.63) is 35.4 Å². The van der Waals surface area contributed by atoms with Gasteiger partial charge in [0.05, 0.1) is 13.0 Å². The normalized spacial score (nSPS) is 11.0. The summed E-state index contributed by atoms with van der Waals surface area (Å²) in [6, 6.07) is 7.71. The molecule has 21 heavy (non-hydrogen) atoms. The first-order chi connectivity index (χ1) is 10.2. The van der Waals surface area contributed by atoms with Gasteiger partial charge in [0.25, 0.3) is 0 Å². The van der Waals surface area contributed by atoms with Crippen molar-refractivity contribution in [3.63, 3.8) is 0 Å². The molecule has 0 aliphatic heterocycles. The molecular weight excluding hydrogens is 270 g/mol. The summed E-state index contributed by atoms with van der Waals surface area (Å²) < 4.78 is 10.2. The zero-order valence-corrected chi connectivity index (χ0v) is 12.9. The second-order valence-electron chi connectivity index (χ2n) is 4.95. The third-order valence-electron chi connectivity index (χ3n) is 3.29. The smallest absolute Gasteiger partial charge is 0.307 e. The number of rotatable bonds is 11. The first-order valence-corrected chi connectivity index (χ1v) is 7.16. The largest absolute Gasteiger partial charge is 0.481 e. The number of hydrogen-bond acceptors (Lipinski definition) is 4. The van der Waals surface area contributed by atoms with Crippen molar-refractivity contribution in [3.8, 4) is 0 Å². The Morgan fingerprint density at radius 2 is 1.76 bits per heavy atom. The van der Waals surface area contributed by atoms with Gasteiger partial charge in [0.2, 0.25) is 0 Å². The standard InChI is InChI=1S/C16H25NO4/c1-20-10-5-8-17(9-11-21-2)13-15-7-4-3-6-14(15)12-16(18)19/h3-4,6-7H,5,8-13H2,1-2H3,(H,18,19). The van der Waals surface area contributed by atoms with E-state index >= 15 is 0 Å². The first-order valence-electron chi connectivity index (χ1n) is 7.16. The third-order valence-corrected chi connectivity index (χ3v) is 3.29. The van der Waals surface area contributed by atoms with E-state index in [1.165, 1.54) is 0 Å². The number of hydrogen-bond donors (Lipinski definition) is 1. The molecule has 0 saturated carbocycles. The number of aliphatic carboxylic acids is 1. The topological polar surface area (TPSA) is 59.0 Å². The van der Waals surface area contributed by atoms with Gasteiger partial charge in [-0.1, -0.05) is 24.3 Å². The Morgan fingerprint density at radius 3 is 2.38 bits per heavy atom. The molecule has 118 valence electrons. The molecule has 0 aliphatic rings. The van der Waals surface area contributed by atoms with Crippen molar-refractivity contribution >= 4 is 5.97 Å². The number of carbonyl (C=O) groups is 1. The lowest BCUT2D eigenvalue weighted by molar-refractivity contribution is -0.136. The molecule has 1 aromatic rings. The van der Waals surface area contributed by atoms with Crippen LogP contribution < -0.4 is 0 Å². The molecule has 1 N–H and O–H groups in total. The van der Waals surface area contributed by atoms with Crippen LogP contribution in [0.2, 0.25) is 0 Å². The van der Waals surface area contributed by atoms with Crippen LogP contribution in [0.3, 0.4) is 0 Å². The molecule has 0 aliphatic carbocycles. The van der Waals surface area contributed by atoms with Gasteiger partial charge in [-0.3, -0.25) is 9.69 Å². The molecule has 0 spiro atoms. The van der Waals surface area contributed by atoms with Gasteiger partial charge in [0, 0.05) is 40.5 Å². The fourth-order valence-corrected chi connectivity index (χ4v) is 2.21. The highest BCUT2D eigenvalue weighted by atomic mass is 16.5. The maximum Gasteiger partial charge on any atom is 0.307 e. The zero-order chi connectivity index (χ0) is 15.5. The monoisotopic (exact) mass is 295 g/mol. The van der Waals surface area contributed by atoms with E-state index < -0.39 is 5.97 Å². The van der Waals surface area contributed by atoms with E-state index in [-0.39, 0.29) is 6.42 Å². The van der Waals surface area contributed by atoms with Crippen LogP contribution >= 0.6 is 0 Å². The number of ether oxygens (including phenoxy) is 2. The Labute approximate surface area is 126 Å². The molecular formula is C16H25NO4. The number of carboxylic acid groups (broad SMARTS) is 1. The van der Waals surface area contributed by atoms with Crippen LogP contribution in [0.5, 0.6) is 0 Å². The molecule has 0 atom stereocenters. The summed E-state index contributed by atoms with van der Waals surface area (Å²) in [4.78, 5) is 13.2. The molecule has 0 radical (unpaired) electrons. The minimum atomic E-state index is -0.801. The number of nitrogens with zero attached hydrogens (tertiary/aromatic N) is 1. The summed E-state index contributed by atoms with van der Waals surface area (Å²) in [5.41, 5.74) is 1.94. The average Bonchev–Trinajstić information content (AvgIpc) is 2.46. The second kappa shape index (κ2) is 10.3. The van der Waals surface area contributed by atoms with E-state index in [4.69, 9.17) is 14.6 Å². The lowest BCUT2D eigenvalue weighted by Crippen LogP contribution is -2.29. The van der Waals surface area contributed by atoms with E-state index in [2.05, 4.69) is 4.90 Å². The van der Waals surface area contributed by atoms with Crippen LogP contribution in [0.15, 0.2) is 24.3 Å². The Bertz CT molecular complexity index is 422. The molecule has 0 saturated heterocycles. The minimum absolute atomic E-state index is 0.0619. The minimum Gasteiger partial charge on any atom is -0.481 e. The van der Waals surface area contributed by atoms with E-state index in [0.717, 1.165) is 43.8 Å². The van der Waals surface area contributed by atoms with Gasteiger partial charge in [0.1, 0.15) is 0 Å². The summed E-state index contributed by atoms with van der Waals surface area (Å²) in [6.45, 7) is 3.84. The zero-order valence-electron chi connectivity index (χ0n) is 12.9. The molecule has 0 heterocycles. The lowest BCUT2D eigenvalue weighted by atomic mass is 10.0. The van der Waals surface area contributed by atoms with Crippen LogP contribution in [0, 0.1) is 0 Å². The van der Waals surface area contributed by atoms with E-state index in [0.29, 0.717) is 6.61 Å². The fourth-order valence-electron chi connectivity index (χ4n) is 2.21. The molecule has 5 nitrogen and oxygen atoms in total. The van der Waals surface area contributed by atoms with E-state index in [1.54, 1.807) is 14.2 Å².